The molecule has 0 unspecified atom stereocenters. The molecule has 1 fully saturated rings. The van der Waals surface area contributed by atoms with Gasteiger partial charge in [0.2, 0.25) is 16.0 Å². The number of fused-ring (bicyclic) bond motifs is 1. The first-order valence-electron chi connectivity index (χ1n) is 11.4. The monoisotopic (exact) mass is 521 g/mol. The van der Waals surface area contributed by atoms with Crippen LogP contribution < -0.4 is 14.9 Å². The second-order valence-corrected chi connectivity index (χ2v) is 11.6. The van der Waals surface area contributed by atoms with E-state index in [1.165, 1.54) is 18.2 Å². The van der Waals surface area contributed by atoms with Crippen LogP contribution in [0, 0.1) is 11.8 Å². The van der Waals surface area contributed by atoms with Gasteiger partial charge in [-0.15, -0.1) is 0 Å². The van der Waals surface area contributed by atoms with Crippen molar-refractivity contribution in [2.45, 2.75) is 30.6 Å². The third-order valence-electron chi connectivity index (χ3n) is 6.29. The summed E-state index contributed by atoms with van der Waals surface area (Å²) in [5.74, 6) is 2.34. The molecule has 1 aliphatic rings. The molecule has 34 heavy (non-hydrogen) atoms. The Bertz CT molecular complexity index is 1260. The topological polar surface area (TPSA) is 87.2 Å². The molecule has 0 bridgehead atoms. The van der Waals surface area contributed by atoms with Crippen molar-refractivity contribution in [1.29, 1.82) is 0 Å². The van der Waals surface area contributed by atoms with Crippen LogP contribution in [0.1, 0.15) is 25.7 Å². The molecule has 0 amide bonds. The van der Waals surface area contributed by atoms with Gasteiger partial charge in [-0.25, -0.2) is 18.1 Å². The lowest BCUT2D eigenvalue weighted by Crippen LogP contribution is -2.32. The second-order valence-electron chi connectivity index (χ2n) is 8.98. The van der Waals surface area contributed by atoms with Gasteiger partial charge in [-0.1, -0.05) is 35.3 Å². The van der Waals surface area contributed by atoms with Gasteiger partial charge in [0.25, 0.3) is 0 Å². The van der Waals surface area contributed by atoms with E-state index >= 15 is 0 Å². The van der Waals surface area contributed by atoms with Crippen LogP contribution in [0.2, 0.25) is 10.0 Å². The molecule has 0 spiro atoms. The Labute approximate surface area is 210 Å². The molecule has 10 heteroatoms. The highest BCUT2D eigenvalue weighted by molar-refractivity contribution is 7.89. The van der Waals surface area contributed by atoms with Crippen LogP contribution in [0.15, 0.2) is 47.4 Å². The van der Waals surface area contributed by atoms with Gasteiger partial charge in [0.15, 0.2) is 0 Å². The van der Waals surface area contributed by atoms with Crippen LogP contribution in [0.5, 0.6) is 0 Å². The van der Waals surface area contributed by atoms with Gasteiger partial charge in [0, 0.05) is 32.6 Å². The van der Waals surface area contributed by atoms with E-state index in [2.05, 4.69) is 15.0 Å². The molecule has 1 aliphatic carbocycles. The first-order chi connectivity index (χ1) is 16.2. The van der Waals surface area contributed by atoms with Gasteiger partial charge < -0.3 is 10.2 Å². The molecule has 0 aliphatic heterocycles. The first kappa shape index (κ1) is 25.0. The number of halogens is 2. The molecule has 3 aromatic rings. The predicted octanol–water partition coefficient (Wildman–Crippen LogP) is 5.20. The standard InChI is InChI=1S/C24H29Cl2N5O2S/c1-31(2)23-19-5-3-4-6-22(19)29-24(30-23)27-14-16-7-9-17(10-8-16)15-28-34(32,33)18-11-12-20(25)21(26)13-18/h3-6,11-13,16-17,28H,7-10,14-15H2,1-2H3,(H,27,29,30)/t16-,17-. The van der Waals surface area contributed by atoms with E-state index in [0.29, 0.717) is 29.4 Å². The van der Waals surface area contributed by atoms with Crippen molar-refractivity contribution >= 4 is 55.9 Å². The Hall–Kier alpha value is -2.13. The highest BCUT2D eigenvalue weighted by atomic mass is 35.5. The smallest absolute Gasteiger partial charge is 0.240 e. The van der Waals surface area contributed by atoms with Crippen LogP contribution >= 0.6 is 23.2 Å². The van der Waals surface area contributed by atoms with Crippen molar-refractivity contribution in [1.82, 2.24) is 14.7 Å². The van der Waals surface area contributed by atoms with Gasteiger partial charge in [-0.05, 0) is 67.9 Å². The zero-order chi connectivity index (χ0) is 24.3. The zero-order valence-corrected chi connectivity index (χ0v) is 21.6. The average Bonchev–Trinajstić information content (AvgIpc) is 2.83. The van der Waals surface area contributed by atoms with Gasteiger partial charge in [-0.2, -0.15) is 4.98 Å². The van der Waals surface area contributed by atoms with E-state index in [-0.39, 0.29) is 9.92 Å². The number of anilines is 2. The molecule has 0 radical (unpaired) electrons. The van der Waals surface area contributed by atoms with Crippen molar-refractivity contribution < 1.29 is 8.42 Å². The van der Waals surface area contributed by atoms with Crippen molar-refractivity contribution in [2.75, 3.05) is 37.4 Å². The number of hydrogen-bond donors (Lipinski definition) is 2. The SMILES string of the molecule is CN(C)c1nc(NC[C@H]2CC[C@H](CNS(=O)(=O)c3ccc(Cl)c(Cl)c3)CC2)nc2ccccc12. The van der Waals surface area contributed by atoms with E-state index in [1.54, 1.807) is 0 Å². The number of sulfonamides is 1. The molecule has 0 saturated heterocycles. The molecule has 1 aromatic heterocycles. The highest BCUT2D eigenvalue weighted by Gasteiger charge is 2.24. The van der Waals surface area contributed by atoms with E-state index in [4.69, 9.17) is 28.2 Å². The first-order valence-corrected chi connectivity index (χ1v) is 13.6. The summed E-state index contributed by atoms with van der Waals surface area (Å²) in [5.41, 5.74) is 0.918. The minimum absolute atomic E-state index is 0.132. The quantitative estimate of drug-likeness (QED) is 0.423. The molecule has 4 rings (SSSR count). The minimum Gasteiger partial charge on any atom is -0.362 e. The Kier molecular flexibility index (Phi) is 7.82. The van der Waals surface area contributed by atoms with Gasteiger partial charge in [0.05, 0.1) is 20.5 Å². The summed E-state index contributed by atoms with van der Waals surface area (Å²) in [6.45, 7) is 1.22. The number of hydrogen-bond acceptors (Lipinski definition) is 6. The molecule has 2 aromatic carbocycles. The van der Waals surface area contributed by atoms with Crippen LogP contribution in [0.4, 0.5) is 11.8 Å². The fraction of sp³-hybridized carbons (Fsp3) is 0.417. The summed E-state index contributed by atoms with van der Waals surface area (Å²) >= 11 is 11.9. The summed E-state index contributed by atoms with van der Waals surface area (Å²) in [4.78, 5) is 11.5. The lowest BCUT2D eigenvalue weighted by Gasteiger charge is -2.28. The number of para-hydroxylation sites is 1. The zero-order valence-electron chi connectivity index (χ0n) is 19.3. The minimum atomic E-state index is -3.61. The van der Waals surface area contributed by atoms with Crippen molar-refractivity contribution in [3.63, 3.8) is 0 Å². The van der Waals surface area contributed by atoms with Crippen molar-refractivity contribution in [3.8, 4) is 0 Å². The maximum absolute atomic E-state index is 12.6. The van der Waals surface area contributed by atoms with Crippen LogP contribution in [0.25, 0.3) is 10.9 Å². The lowest BCUT2D eigenvalue weighted by atomic mass is 9.82. The van der Waals surface area contributed by atoms with Gasteiger partial charge in [-0.3, -0.25) is 0 Å². The van der Waals surface area contributed by atoms with E-state index in [9.17, 15) is 8.42 Å². The summed E-state index contributed by atoms with van der Waals surface area (Å²) < 4.78 is 27.9. The Morgan fingerprint density at radius 2 is 1.62 bits per heavy atom. The molecular formula is C24H29Cl2N5O2S. The highest BCUT2D eigenvalue weighted by Crippen LogP contribution is 2.30. The normalized spacial score (nSPS) is 18.7. The number of aromatic nitrogens is 2. The van der Waals surface area contributed by atoms with Gasteiger partial charge in [0.1, 0.15) is 5.82 Å². The third kappa shape index (κ3) is 5.92. The third-order valence-corrected chi connectivity index (χ3v) is 8.45. The fourth-order valence-corrected chi connectivity index (χ4v) is 5.81. The van der Waals surface area contributed by atoms with E-state index in [0.717, 1.165) is 48.9 Å². The molecular weight excluding hydrogens is 493 g/mol. The van der Waals surface area contributed by atoms with Crippen molar-refractivity contribution in [2.24, 2.45) is 11.8 Å². The van der Waals surface area contributed by atoms with Crippen molar-refractivity contribution in [3.05, 3.63) is 52.5 Å². The lowest BCUT2D eigenvalue weighted by molar-refractivity contribution is 0.284. The Morgan fingerprint density at radius 3 is 2.29 bits per heavy atom. The Balaban J connectivity index is 1.29. The average molecular weight is 523 g/mol. The number of rotatable bonds is 8. The largest absolute Gasteiger partial charge is 0.362 e. The van der Waals surface area contributed by atoms with Crippen LogP contribution in [-0.4, -0.2) is 45.6 Å². The number of benzene rings is 2. The number of nitrogens with zero attached hydrogens (tertiary/aromatic N) is 3. The molecule has 1 saturated carbocycles. The molecule has 2 N–H and O–H groups in total. The second kappa shape index (κ2) is 10.6. The summed E-state index contributed by atoms with van der Waals surface area (Å²) in [6, 6.07) is 12.4. The fourth-order valence-electron chi connectivity index (χ4n) is 4.31. The maximum atomic E-state index is 12.6. The maximum Gasteiger partial charge on any atom is 0.240 e. The van der Waals surface area contributed by atoms with E-state index < -0.39 is 10.0 Å². The predicted molar refractivity (Wildman–Crippen MR) is 139 cm³/mol. The molecule has 1 heterocycles. The van der Waals surface area contributed by atoms with Crippen LogP contribution in [-0.2, 0) is 10.0 Å². The summed E-state index contributed by atoms with van der Waals surface area (Å²) in [5, 5.41) is 5.01. The summed E-state index contributed by atoms with van der Waals surface area (Å²) in [6.07, 6.45) is 4.00. The molecule has 7 nitrogen and oxygen atoms in total. The van der Waals surface area contributed by atoms with Crippen LogP contribution in [0.3, 0.4) is 0 Å². The molecule has 182 valence electrons. The molecule has 0 atom stereocenters. The number of nitrogens with one attached hydrogen (secondary N) is 2. The van der Waals surface area contributed by atoms with E-state index in [1.807, 2.05) is 43.3 Å². The summed E-state index contributed by atoms with van der Waals surface area (Å²) in [7, 11) is 0.350. The van der Waals surface area contributed by atoms with Gasteiger partial charge >= 0.3 is 0 Å². The Morgan fingerprint density at radius 1 is 0.941 bits per heavy atom.